The molecule has 0 saturated carbocycles. The van der Waals surface area contributed by atoms with Crippen molar-refractivity contribution >= 4 is 5.97 Å². The highest BCUT2D eigenvalue weighted by atomic mass is 16.4. The van der Waals surface area contributed by atoms with E-state index in [2.05, 4.69) is 4.98 Å². The summed E-state index contributed by atoms with van der Waals surface area (Å²) in [5, 5.41) is 8.71. The van der Waals surface area contributed by atoms with E-state index in [1.54, 1.807) is 12.5 Å². The quantitative estimate of drug-likeness (QED) is 0.720. The maximum atomic E-state index is 10.6. The highest BCUT2D eigenvalue weighted by molar-refractivity contribution is 5.69. The van der Waals surface area contributed by atoms with Gasteiger partial charge < -0.3 is 9.67 Å². The summed E-state index contributed by atoms with van der Waals surface area (Å²) in [5.74, 6) is -0.769. The summed E-state index contributed by atoms with van der Waals surface area (Å²) in [7, 11) is 0. The number of rotatable bonds is 7. The standard InChI is InChI=1S/C10H17N3O2/c1-2-4-12(8-10(14)15)6-7-13-5-3-11-9-13/h3,5,9H,2,4,6-8H2,1H3,(H,14,15). The van der Waals surface area contributed by atoms with Gasteiger partial charge in [0.05, 0.1) is 12.9 Å². The van der Waals surface area contributed by atoms with Gasteiger partial charge in [0, 0.05) is 25.5 Å². The summed E-state index contributed by atoms with van der Waals surface area (Å²) in [6.45, 7) is 4.51. The van der Waals surface area contributed by atoms with Crippen LogP contribution in [0.1, 0.15) is 13.3 Å². The van der Waals surface area contributed by atoms with Gasteiger partial charge in [-0.15, -0.1) is 0 Å². The van der Waals surface area contributed by atoms with Crippen molar-refractivity contribution in [3.8, 4) is 0 Å². The van der Waals surface area contributed by atoms with Gasteiger partial charge >= 0.3 is 5.97 Å². The third-order valence-electron chi connectivity index (χ3n) is 2.13. The predicted molar refractivity (Wildman–Crippen MR) is 56.6 cm³/mol. The van der Waals surface area contributed by atoms with Crippen molar-refractivity contribution in [2.75, 3.05) is 19.6 Å². The average molecular weight is 211 g/mol. The first kappa shape index (κ1) is 11.7. The first-order valence-electron chi connectivity index (χ1n) is 5.12. The number of imidazole rings is 1. The number of carboxylic acids is 1. The molecule has 0 spiro atoms. The minimum atomic E-state index is -0.769. The second-order valence-corrected chi connectivity index (χ2v) is 3.47. The second kappa shape index (κ2) is 6.19. The van der Waals surface area contributed by atoms with Crippen molar-refractivity contribution in [2.24, 2.45) is 0 Å². The van der Waals surface area contributed by atoms with Crippen LogP contribution in [0.15, 0.2) is 18.7 Å². The van der Waals surface area contributed by atoms with Gasteiger partial charge in [-0.2, -0.15) is 0 Å². The van der Waals surface area contributed by atoms with Crippen molar-refractivity contribution in [3.05, 3.63) is 18.7 Å². The Morgan fingerprint density at radius 3 is 2.87 bits per heavy atom. The zero-order valence-electron chi connectivity index (χ0n) is 8.96. The summed E-state index contributed by atoms with van der Waals surface area (Å²) >= 11 is 0. The Balaban J connectivity index is 2.34. The van der Waals surface area contributed by atoms with Gasteiger partial charge in [-0.1, -0.05) is 6.92 Å². The molecule has 0 radical (unpaired) electrons. The van der Waals surface area contributed by atoms with Crippen molar-refractivity contribution in [1.82, 2.24) is 14.5 Å². The molecule has 1 rings (SSSR count). The molecule has 1 heterocycles. The molecule has 0 aromatic carbocycles. The molecule has 5 heteroatoms. The molecule has 0 fully saturated rings. The van der Waals surface area contributed by atoms with Crippen LogP contribution < -0.4 is 0 Å². The number of carboxylic acid groups (broad SMARTS) is 1. The predicted octanol–water partition coefficient (Wildman–Crippen LogP) is 0.680. The van der Waals surface area contributed by atoms with Gasteiger partial charge in [0.1, 0.15) is 0 Å². The van der Waals surface area contributed by atoms with E-state index in [9.17, 15) is 4.79 Å². The number of hydrogen-bond donors (Lipinski definition) is 1. The fourth-order valence-corrected chi connectivity index (χ4v) is 1.45. The molecule has 0 aliphatic carbocycles. The van der Waals surface area contributed by atoms with Crippen LogP contribution in [0, 0.1) is 0 Å². The molecule has 1 aromatic rings. The van der Waals surface area contributed by atoms with E-state index in [-0.39, 0.29) is 6.54 Å². The van der Waals surface area contributed by atoms with E-state index in [1.807, 2.05) is 22.6 Å². The Morgan fingerprint density at radius 1 is 1.53 bits per heavy atom. The molecule has 0 unspecified atom stereocenters. The summed E-state index contributed by atoms with van der Waals surface area (Å²) < 4.78 is 1.95. The normalized spacial score (nSPS) is 10.8. The van der Waals surface area contributed by atoms with Crippen LogP contribution in [0.5, 0.6) is 0 Å². The van der Waals surface area contributed by atoms with E-state index >= 15 is 0 Å². The summed E-state index contributed by atoms with van der Waals surface area (Å²) in [6, 6.07) is 0. The van der Waals surface area contributed by atoms with Crippen molar-refractivity contribution in [3.63, 3.8) is 0 Å². The first-order valence-corrected chi connectivity index (χ1v) is 5.12. The van der Waals surface area contributed by atoms with Gasteiger partial charge in [-0.05, 0) is 13.0 Å². The van der Waals surface area contributed by atoms with Crippen LogP contribution in [-0.4, -0.2) is 45.2 Å². The van der Waals surface area contributed by atoms with Gasteiger partial charge in [-0.3, -0.25) is 9.69 Å². The number of carbonyl (C=O) groups is 1. The highest BCUT2D eigenvalue weighted by Gasteiger charge is 2.07. The monoisotopic (exact) mass is 211 g/mol. The largest absolute Gasteiger partial charge is 0.480 e. The maximum Gasteiger partial charge on any atom is 0.317 e. The van der Waals surface area contributed by atoms with Gasteiger partial charge in [0.25, 0.3) is 0 Å². The zero-order valence-corrected chi connectivity index (χ0v) is 8.96. The lowest BCUT2D eigenvalue weighted by Gasteiger charge is -2.19. The third-order valence-corrected chi connectivity index (χ3v) is 2.13. The average Bonchev–Trinajstić information content (AvgIpc) is 2.66. The van der Waals surface area contributed by atoms with Crippen molar-refractivity contribution in [1.29, 1.82) is 0 Å². The Morgan fingerprint density at radius 2 is 2.33 bits per heavy atom. The lowest BCUT2D eigenvalue weighted by molar-refractivity contribution is -0.138. The van der Waals surface area contributed by atoms with Crippen LogP contribution in [-0.2, 0) is 11.3 Å². The molecule has 84 valence electrons. The fourth-order valence-electron chi connectivity index (χ4n) is 1.45. The first-order chi connectivity index (χ1) is 7.22. The Bertz CT molecular complexity index is 285. The van der Waals surface area contributed by atoms with E-state index in [0.29, 0.717) is 0 Å². The van der Waals surface area contributed by atoms with E-state index in [1.165, 1.54) is 0 Å². The van der Waals surface area contributed by atoms with Crippen LogP contribution in [0.4, 0.5) is 0 Å². The summed E-state index contributed by atoms with van der Waals surface area (Å²) in [5.41, 5.74) is 0. The molecule has 0 amide bonds. The van der Waals surface area contributed by atoms with Gasteiger partial charge in [0.2, 0.25) is 0 Å². The minimum Gasteiger partial charge on any atom is -0.480 e. The summed E-state index contributed by atoms with van der Waals surface area (Å²) in [4.78, 5) is 16.5. The molecular formula is C10H17N3O2. The molecule has 0 saturated heterocycles. The summed E-state index contributed by atoms with van der Waals surface area (Å²) in [6.07, 6.45) is 6.31. The molecule has 1 N–H and O–H groups in total. The number of aromatic nitrogens is 2. The number of nitrogens with zero attached hydrogens (tertiary/aromatic N) is 3. The van der Waals surface area contributed by atoms with Crippen molar-refractivity contribution in [2.45, 2.75) is 19.9 Å². The molecule has 1 aromatic heterocycles. The molecule has 0 bridgehead atoms. The fraction of sp³-hybridized carbons (Fsp3) is 0.600. The third kappa shape index (κ3) is 4.60. The smallest absolute Gasteiger partial charge is 0.317 e. The number of hydrogen-bond acceptors (Lipinski definition) is 3. The van der Waals surface area contributed by atoms with Crippen LogP contribution >= 0.6 is 0 Å². The van der Waals surface area contributed by atoms with Crippen LogP contribution in [0.3, 0.4) is 0 Å². The molecule has 5 nitrogen and oxygen atoms in total. The van der Waals surface area contributed by atoms with Crippen LogP contribution in [0.25, 0.3) is 0 Å². The lowest BCUT2D eigenvalue weighted by atomic mass is 10.4. The van der Waals surface area contributed by atoms with E-state index in [0.717, 1.165) is 26.1 Å². The minimum absolute atomic E-state index is 0.114. The topological polar surface area (TPSA) is 58.4 Å². The zero-order chi connectivity index (χ0) is 11.1. The Kier molecular flexibility index (Phi) is 4.83. The van der Waals surface area contributed by atoms with Gasteiger partial charge in [0.15, 0.2) is 0 Å². The Hall–Kier alpha value is -1.36. The SMILES string of the molecule is CCCN(CCn1ccnc1)CC(=O)O. The van der Waals surface area contributed by atoms with Crippen molar-refractivity contribution < 1.29 is 9.90 Å². The highest BCUT2D eigenvalue weighted by Crippen LogP contribution is 1.94. The Labute approximate surface area is 89.3 Å². The van der Waals surface area contributed by atoms with E-state index < -0.39 is 5.97 Å². The molecule has 0 aliphatic heterocycles. The maximum absolute atomic E-state index is 10.6. The molecule has 15 heavy (non-hydrogen) atoms. The second-order valence-electron chi connectivity index (χ2n) is 3.47. The lowest BCUT2D eigenvalue weighted by Crippen LogP contribution is -2.33. The van der Waals surface area contributed by atoms with E-state index in [4.69, 9.17) is 5.11 Å². The molecular weight excluding hydrogens is 194 g/mol. The molecule has 0 atom stereocenters. The van der Waals surface area contributed by atoms with Gasteiger partial charge in [-0.25, -0.2) is 4.98 Å². The molecule has 0 aliphatic rings. The number of aliphatic carboxylic acids is 1. The van der Waals surface area contributed by atoms with Crippen LogP contribution in [0.2, 0.25) is 0 Å².